The lowest BCUT2D eigenvalue weighted by Crippen LogP contribution is -2.16. The zero-order valence-electron chi connectivity index (χ0n) is 12.3. The fourth-order valence-corrected chi connectivity index (χ4v) is 2.72. The number of nitrogens with one attached hydrogen (secondary N) is 2. The van der Waals surface area contributed by atoms with Crippen LogP contribution in [0.4, 0.5) is 11.9 Å². The third-order valence-electron chi connectivity index (χ3n) is 3.82. The summed E-state index contributed by atoms with van der Waals surface area (Å²) in [6, 6.07) is 0. The first-order valence-corrected chi connectivity index (χ1v) is 7.27. The van der Waals surface area contributed by atoms with Crippen molar-refractivity contribution >= 4 is 11.9 Å². The Morgan fingerprint density at radius 3 is 2.76 bits per heavy atom. The predicted octanol–water partition coefficient (Wildman–Crippen LogP) is 1.34. The molecule has 8 heteroatoms. The van der Waals surface area contributed by atoms with Crippen molar-refractivity contribution in [3.05, 3.63) is 12.7 Å². The molecule has 1 fully saturated rings. The molecule has 1 saturated carbocycles. The van der Waals surface area contributed by atoms with Crippen molar-refractivity contribution in [3.8, 4) is 5.95 Å². The molecule has 2 aromatic rings. The Morgan fingerprint density at radius 1 is 1.24 bits per heavy atom. The Hall–Kier alpha value is -2.25. The third-order valence-corrected chi connectivity index (χ3v) is 3.82. The molecule has 2 heterocycles. The lowest BCUT2D eigenvalue weighted by molar-refractivity contribution is 0.535. The Morgan fingerprint density at radius 2 is 2.10 bits per heavy atom. The van der Waals surface area contributed by atoms with E-state index in [0.717, 1.165) is 12.5 Å². The number of anilines is 2. The number of aromatic nitrogens is 6. The SMILES string of the molecule is CNc1nc(NCC2CCC(C)C2)nc(-n2cncn2)n1. The fourth-order valence-electron chi connectivity index (χ4n) is 2.72. The number of nitrogens with zero attached hydrogens (tertiary/aromatic N) is 6. The minimum absolute atomic E-state index is 0.453. The van der Waals surface area contributed by atoms with E-state index < -0.39 is 0 Å². The van der Waals surface area contributed by atoms with E-state index in [1.54, 1.807) is 13.4 Å². The van der Waals surface area contributed by atoms with Gasteiger partial charge in [-0.15, -0.1) is 0 Å². The maximum Gasteiger partial charge on any atom is 0.258 e. The minimum Gasteiger partial charge on any atom is -0.357 e. The number of hydrogen-bond donors (Lipinski definition) is 2. The first-order chi connectivity index (χ1) is 10.2. The van der Waals surface area contributed by atoms with Gasteiger partial charge in [-0.2, -0.15) is 24.7 Å². The highest BCUT2D eigenvalue weighted by molar-refractivity contribution is 5.37. The lowest BCUT2D eigenvalue weighted by atomic mass is 10.1. The van der Waals surface area contributed by atoms with Gasteiger partial charge in [0, 0.05) is 13.6 Å². The maximum atomic E-state index is 4.39. The Bertz CT molecular complexity index is 582. The van der Waals surface area contributed by atoms with E-state index in [0.29, 0.717) is 23.8 Å². The van der Waals surface area contributed by atoms with E-state index >= 15 is 0 Å². The van der Waals surface area contributed by atoms with E-state index in [2.05, 4.69) is 42.6 Å². The molecule has 0 bridgehead atoms. The van der Waals surface area contributed by atoms with Gasteiger partial charge in [-0.25, -0.2) is 4.98 Å². The van der Waals surface area contributed by atoms with Crippen LogP contribution in [0.2, 0.25) is 0 Å². The van der Waals surface area contributed by atoms with Crippen LogP contribution >= 0.6 is 0 Å². The minimum atomic E-state index is 0.453. The second-order valence-electron chi connectivity index (χ2n) is 5.54. The monoisotopic (exact) mass is 288 g/mol. The Balaban J connectivity index is 1.73. The van der Waals surface area contributed by atoms with Crippen molar-refractivity contribution in [1.29, 1.82) is 0 Å². The van der Waals surface area contributed by atoms with Crippen LogP contribution < -0.4 is 10.6 Å². The molecule has 0 aliphatic heterocycles. The summed E-state index contributed by atoms with van der Waals surface area (Å²) < 4.78 is 1.52. The smallest absolute Gasteiger partial charge is 0.258 e. The largest absolute Gasteiger partial charge is 0.357 e. The molecular formula is C13H20N8. The van der Waals surface area contributed by atoms with E-state index in [4.69, 9.17) is 0 Å². The summed E-state index contributed by atoms with van der Waals surface area (Å²) in [6.07, 6.45) is 6.88. The summed E-state index contributed by atoms with van der Waals surface area (Å²) in [5.74, 6) is 3.06. The van der Waals surface area contributed by atoms with Gasteiger partial charge in [-0.3, -0.25) is 0 Å². The second-order valence-corrected chi connectivity index (χ2v) is 5.54. The van der Waals surface area contributed by atoms with Gasteiger partial charge < -0.3 is 10.6 Å². The van der Waals surface area contributed by atoms with Crippen molar-refractivity contribution in [1.82, 2.24) is 29.7 Å². The molecule has 2 unspecified atom stereocenters. The second kappa shape index (κ2) is 6.02. The summed E-state index contributed by atoms with van der Waals surface area (Å²) in [5.41, 5.74) is 0. The summed E-state index contributed by atoms with van der Waals surface area (Å²) in [6.45, 7) is 3.21. The molecule has 112 valence electrons. The quantitative estimate of drug-likeness (QED) is 0.857. The molecule has 0 aromatic carbocycles. The predicted molar refractivity (Wildman–Crippen MR) is 79.3 cm³/mol. The summed E-state index contributed by atoms with van der Waals surface area (Å²) >= 11 is 0. The molecule has 21 heavy (non-hydrogen) atoms. The van der Waals surface area contributed by atoms with Crippen molar-refractivity contribution in [2.24, 2.45) is 11.8 Å². The van der Waals surface area contributed by atoms with Gasteiger partial charge in [0.05, 0.1) is 0 Å². The number of hydrogen-bond acceptors (Lipinski definition) is 7. The first kappa shape index (κ1) is 13.7. The zero-order chi connectivity index (χ0) is 14.7. The van der Waals surface area contributed by atoms with Gasteiger partial charge in [0.25, 0.3) is 5.95 Å². The van der Waals surface area contributed by atoms with Gasteiger partial charge in [0.15, 0.2) is 0 Å². The van der Waals surface area contributed by atoms with Crippen molar-refractivity contribution in [3.63, 3.8) is 0 Å². The molecule has 8 nitrogen and oxygen atoms in total. The molecule has 2 aromatic heterocycles. The topological polar surface area (TPSA) is 93.4 Å². The molecule has 0 saturated heterocycles. The first-order valence-electron chi connectivity index (χ1n) is 7.27. The average molecular weight is 288 g/mol. The highest BCUT2D eigenvalue weighted by atomic mass is 15.4. The molecule has 3 rings (SSSR count). The van der Waals surface area contributed by atoms with Gasteiger partial charge in [0.2, 0.25) is 11.9 Å². The highest BCUT2D eigenvalue weighted by Crippen LogP contribution is 2.30. The summed E-state index contributed by atoms with van der Waals surface area (Å²) in [4.78, 5) is 16.9. The van der Waals surface area contributed by atoms with Gasteiger partial charge in [-0.1, -0.05) is 13.3 Å². The van der Waals surface area contributed by atoms with Crippen LogP contribution in [0.25, 0.3) is 5.95 Å². The van der Waals surface area contributed by atoms with Gasteiger partial charge in [-0.05, 0) is 24.7 Å². The van der Waals surface area contributed by atoms with Crippen molar-refractivity contribution in [2.75, 3.05) is 24.2 Å². The van der Waals surface area contributed by atoms with Gasteiger partial charge >= 0.3 is 0 Å². The maximum absolute atomic E-state index is 4.39. The number of rotatable bonds is 5. The molecule has 2 N–H and O–H groups in total. The van der Waals surface area contributed by atoms with E-state index in [-0.39, 0.29) is 0 Å². The molecule has 1 aliphatic rings. The third kappa shape index (κ3) is 3.26. The molecule has 1 aliphatic carbocycles. The summed E-state index contributed by atoms with van der Waals surface area (Å²) in [7, 11) is 1.78. The molecule has 0 spiro atoms. The standard InChI is InChI=1S/C13H20N8/c1-9-3-4-10(5-9)6-16-12-18-11(14-2)19-13(20-12)21-8-15-7-17-21/h7-10H,3-6H2,1-2H3,(H2,14,16,18,19,20). The molecular weight excluding hydrogens is 268 g/mol. The zero-order valence-corrected chi connectivity index (χ0v) is 12.3. The normalized spacial score (nSPS) is 21.4. The van der Waals surface area contributed by atoms with Crippen LogP contribution in [0.5, 0.6) is 0 Å². The van der Waals surface area contributed by atoms with Crippen LogP contribution in [-0.4, -0.2) is 43.3 Å². The Labute approximate surface area is 123 Å². The lowest BCUT2D eigenvalue weighted by Gasteiger charge is -2.12. The van der Waals surface area contributed by atoms with Gasteiger partial charge in [0.1, 0.15) is 12.7 Å². The van der Waals surface area contributed by atoms with Crippen LogP contribution in [0, 0.1) is 11.8 Å². The van der Waals surface area contributed by atoms with E-state index in [9.17, 15) is 0 Å². The van der Waals surface area contributed by atoms with Crippen LogP contribution in [-0.2, 0) is 0 Å². The van der Waals surface area contributed by atoms with Crippen LogP contribution in [0.15, 0.2) is 12.7 Å². The van der Waals surface area contributed by atoms with Crippen LogP contribution in [0.1, 0.15) is 26.2 Å². The fraction of sp³-hybridized carbons (Fsp3) is 0.615. The Kier molecular flexibility index (Phi) is 3.94. The molecule has 2 atom stereocenters. The highest BCUT2D eigenvalue weighted by Gasteiger charge is 2.21. The van der Waals surface area contributed by atoms with E-state index in [1.165, 1.54) is 30.3 Å². The molecule has 0 radical (unpaired) electrons. The summed E-state index contributed by atoms with van der Waals surface area (Å²) in [5, 5.41) is 10.3. The van der Waals surface area contributed by atoms with Crippen molar-refractivity contribution in [2.45, 2.75) is 26.2 Å². The molecule has 0 amide bonds. The van der Waals surface area contributed by atoms with Crippen molar-refractivity contribution < 1.29 is 0 Å². The average Bonchev–Trinajstić information content (AvgIpc) is 3.16. The van der Waals surface area contributed by atoms with Crippen LogP contribution in [0.3, 0.4) is 0 Å². The van der Waals surface area contributed by atoms with E-state index in [1.807, 2.05) is 0 Å².